The number of amides is 2. The van der Waals surface area contributed by atoms with Crippen LogP contribution in [0.3, 0.4) is 0 Å². The molecule has 0 radical (unpaired) electrons. The second kappa shape index (κ2) is 3.79. The van der Waals surface area contributed by atoms with E-state index in [1.165, 1.54) is 4.90 Å². The van der Waals surface area contributed by atoms with Gasteiger partial charge >= 0.3 is 0 Å². The third-order valence-corrected chi connectivity index (χ3v) is 4.50. The highest BCUT2D eigenvalue weighted by molar-refractivity contribution is 6.23. The number of fused-ring (bicyclic) bond motifs is 5. The van der Waals surface area contributed by atoms with Crippen molar-refractivity contribution in [2.45, 2.75) is 26.1 Å². The number of hydrogen-bond donors (Lipinski definition) is 0. The van der Waals surface area contributed by atoms with Gasteiger partial charge in [-0.1, -0.05) is 29.8 Å². The van der Waals surface area contributed by atoms with E-state index < -0.39 is 0 Å². The first-order chi connectivity index (χ1) is 9.58. The summed E-state index contributed by atoms with van der Waals surface area (Å²) in [6.45, 7) is 3.93. The third-order valence-electron chi connectivity index (χ3n) is 4.50. The molecule has 1 aromatic rings. The predicted octanol–water partition coefficient (Wildman–Crippen LogP) is 1.75. The van der Waals surface area contributed by atoms with Crippen molar-refractivity contribution in [3.8, 4) is 0 Å². The number of rotatable bonds is 1. The average Bonchev–Trinajstić information content (AvgIpc) is 3.06. The molecule has 2 amide bonds. The summed E-state index contributed by atoms with van der Waals surface area (Å²) in [7, 11) is 0. The Balaban J connectivity index is 1.78. The number of nitrogens with zero attached hydrogens (tertiary/aromatic N) is 1. The Bertz CT molecular complexity index is 634. The van der Waals surface area contributed by atoms with Crippen molar-refractivity contribution in [3.63, 3.8) is 0 Å². The summed E-state index contributed by atoms with van der Waals surface area (Å²) in [5.74, 6) is -0.913. The van der Waals surface area contributed by atoms with E-state index in [9.17, 15) is 9.59 Å². The van der Waals surface area contributed by atoms with Crippen molar-refractivity contribution in [2.75, 3.05) is 4.90 Å². The van der Waals surface area contributed by atoms with Gasteiger partial charge in [0.1, 0.15) is 0 Å². The van der Waals surface area contributed by atoms with E-state index in [2.05, 4.69) is 0 Å². The fourth-order valence-corrected chi connectivity index (χ4v) is 3.60. The van der Waals surface area contributed by atoms with Gasteiger partial charge in [0.25, 0.3) is 0 Å². The molecule has 3 aliphatic rings. The normalized spacial score (nSPS) is 34.2. The lowest BCUT2D eigenvalue weighted by Gasteiger charge is -2.19. The molecule has 0 saturated carbocycles. The van der Waals surface area contributed by atoms with Gasteiger partial charge in [-0.15, -0.1) is 0 Å². The van der Waals surface area contributed by atoms with Crippen molar-refractivity contribution in [1.29, 1.82) is 0 Å². The summed E-state index contributed by atoms with van der Waals surface area (Å²) in [4.78, 5) is 26.6. The molecule has 0 N–H and O–H groups in total. The van der Waals surface area contributed by atoms with Gasteiger partial charge in [0.2, 0.25) is 11.8 Å². The minimum atomic E-state index is -0.335. The number of hydrogen-bond acceptors (Lipinski definition) is 3. The molecule has 4 atom stereocenters. The number of aryl methyl sites for hydroxylation is 2. The highest BCUT2D eigenvalue weighted by atomic mass is 16.5. The first kappa shape index (κ1) is 11.9. The van der Waals surface area contributed by atoms with E-state index in [1.807, 2.05) is 44.2 Å². The maximum atomic E-state index is 12.6. The van der Waals surface area contributed by atoms with Crippen LogP contribution in [0.25, 0.3) is 0 Å². The quantitative estimate of drug-likeness (QED) is 0.576. The number of imide groups is 1. The zero-order valence-corrected chi connectivity index (χ0v) is 11.4. The van der Waals surface area contributed by atoms with Gasteiger partial charge in [-0.3, -0.25) is 9.59 Å². The summed E-state index contributed by atoms with van der Waals surface area (Å²) in [5, 5.41) is 0. The van der Waals surface area contributed by atoms with Crippen LogP contribution in [0.2, 0.25) is 0 Å². The second-order valence-electron chi connectivity index (χ2n) is 5.80. The Morgan fingerprint density at radius 3 is 2.15 bits per heavy atom. The van der Waals surface area contributed by atoms with Crippen LogP contribution in [0.4, 0.5) is 5.69 Å². The molecule has 2 bridgehead atoms. The molecule has 20 heavy (non-hydrogen) atoms. The van der Waals surface area contributed by atoms with Crippen LogP contribution in [-0.4, -0.2) is 24.0 Å². The lowest BCUT2D eigenvalue weighted by atomic mass is 9.85. The standard InChI is InChI=1S/C16H15NO3/c1-8-3-4-10(9(2)7-8)17-15(18)13-11-5-6-12(20-11)14(13)16(17)19/h3-7,11-14H,1-2H3/t11-,12-,13+,14+/m1/s1. The minimum Gasteiger partial charge on any atom is -0.365 e. The molecule has 3 aliphatic heterocycles. The lowest BCUT2D eigenvalue weighted by molar-refractivity contribution is -0.124. The van der Waals surface area contributed by atoms with Crippen LogP contribution in [0.15, 0.2) is 30.4 Å². The molecule has 4 rings (SSSR count). The van der Waals surface area contributed by atoms with Gasteiger partial charge in [0, 0.05) is 0 Å². The third kappa shape index (κ3) is 1.34. The molecule has 3 heterocycles. The Labute approximate surface area is 117 Å². The fraction of sp³-hybridized carbons (Fsp3) is 0.375. The first-order valence-corrected chi connectivity index (χ1v) is 6.87. The van der Waals surface area contributed by atoms with E-state index >= 15 is 0 Å². The number of ether oxygens (including phenoxy) is 1. The van der Waals surface area contributed by atoms with E-state index in [0.29, 0.717) is 5.69 Å². The summed E-state index contributed by atoms with van der Waals surface area (Å²) < 4.78 is 5.63. The van der Waals surface area contributed by atoms with Gasteiger partial charge in [-0.25, -0.2) is 4.90 Å². The van der Waals surface area contributed by atoms with Gasteiger partial charge < -0.3 is 4.74 Å². The summed E-state index contributed by atoms with van der Waals surface area (Å²) in [6, 6.07) is 5.78. The van der Waals surface area contributed by atoms with Crippen molar-refractivity contribution in [3.05, 3.63) is 41.5 Å². The molecule has 0 spiro atoms. The van der Waals surface area contributed by atoms with E-state index in [4.69, 9.17) is 4.74 Å². The molecular formula is C16H15NO3. The summed E-state index contributed by atoms with van der Waals surface area (Å²) >= 11 is 0. The van der Waals surface area contributed by atoms with E-state index in [1.54, 1.807) is 0 Å². The summed E-state index contributed by atoms with van der Waals surface area (Å²) in [6.07, 6.45) is 3.36. The van der Waals surface area contributed by atoms with Crippen molar-refractivity contribution in [2.24, 2.45) is 11.8 Å². The minimum absolute atomic E-state index is 0.121. The van der Waals surface area contributed by atoms with Crippen molar-refractivity contribution >= 4 is 17.5 Å². The average molecular weight is 269 g/mol. The van der Waals surface area contributed by atoms with Crippen LogP contribution < -0.4 is 4.90 Å². The topological polar surface area (TPSA) is 46.6 Å². The van der Waals surface area contributed by atoms with Crippen LogP contribution in [0.5, 0.6) is 0 Å². The maximum absolute atomic E-state index is 12.6. The molecule has 4 heteroatoms. The first-order valence-electron chi connectivity index (χ1n) is 6.87. The molecule has 0 unspecified atom stereocenters. The van der Waals surface area contributed by atoms with Gasteiger partial charge in [0.15, 0.2) is 0 Å². The molecule has 1 aromatic carbocycles. The van der Waals surface area contributed by atoms with Crippen LogP contribution in [-0.2, 0) is 14.3 Å². The maximum Gasteiger partial charge on any atom is 0.240 e. The number of anilines is 1. The predicted molar refractivity (Wildman–Crippen MR) is 73.2 cm³/mol. The molecule has 0 aliphatic carbocycles. The van der Waals surface area contributed by atoms with Gasteiger partial charge in [0.05, 0.1) is 29.7 Å². The van der Waals surface area contributed by atoms with E-state index in [-0.39, 0.29) is 35.9 Å². The van der Waals surface area contributed by atoms with Crippen LogP contribution >= 0.6 is 0 Å². The van der Waals surface area contributed by atoms with Gasteiger partial charge in [-0.2, -0.15) is 0 Å². The molecule has 102 valence electrons. The molecule has 4 nitrogen and oxygen atoms in total. The molecular weight excluding hydrogens is 254 g/mol. The lowest BCUT2D eigenvalue weighted by Crippen LogP contribution is -2.34. The smallest absolute Gasteiger partial charge is 0.240 e. The number of benzene rings is 1. The second-order valence-corrected chi connectivity index (χ2v) is 5.80. The Kier molecular flexibility index (Phi) is 2.25. The Morgan fingerprint density at radius 1 is 1.00 bits per heavy atom. The summed E-state index contributed by atoms with van der Waals surface area (Å²) in [5.41, 5.74) is 2.78. The monoisotopic (exact) mass is 269 g/mol. The van der Waals surface area contributed by atoms with E-state index in [0.717, 1.165) is 11.1 Å². The number of carbonyl (C=O) groups excluding carboxylic acids is 2. The van der Waals surface area contributed by atoms with Crippen molar-refractivity contribution in [1.82, 2.24) is 0 Å². The van der Waals surface area contributed by atoms with Crippen molar-refractivity contribution < 1.29 is 14.3 Å². The number of carbonyl (C=O) groups is 2. The molecule has 2 saturated heterocycles. The molecule has 2 fully saturated rings. The SMILES string of the molecule is Cc1ccc(N2C(=O)[C@@H]3[C@@H](C2=O)[C@H]2C=C[C@H]3O2)c(C)c1. The van der Waals surface area contributed by atoms with Crippen LogP contribution in [0, 0.1) is 25.7 Å². The fourth-order valence-electron chi connectivity index (χ4n) is 3.60. The Morgan fingerprint density at radius 2 is 1.60 bits per heavy atom. The highest BCUT2D eigenvalue weighted by Gasteiger charge is 2.61. The molecule has 0 aromatic heterocycles. The Hall–Kier alpha value is -1.94. The zero-order valence-electron chi connectivity index (χ0n) is 11.4. The largest absolute Gasteiger partial charge is 0.365 e. The zero-order chi connectivity index (χ0) is 14.0. The highest BCUT2D eigenvalue weighted by Crippen LogP contribution is 2.46. The van der Waals surface area contributed by atoms with Crippen LogP contribution in [0.1, 0.15) is 11.1 Å². The van der Waals surface area contributed by atoms with Gasteiger partial charge in [-0.05, 0) is 25.5 Å².